The molecular weight excluding hydrogens is 382 g/mol. The fourth-order valence-electron chi connectivity index (χ4n) is 1.79. The summed E-state index contributed by atoms with van der Waals surface area (Å²) >= 11 is 6.35. The number of rotatable bonds is 3. The molecule has 1 aromatic rings. The minimum Gasteiger partial charge on any atom is -0.468 e. The highest BCUT2D eigenvalue weighted by molar-refractivity contribution is 9.10. The molecule has 1 atom stereocenters. The minimum atomic E-state index is -0.733. The van der Waals surface area contributed by atoms with Crippen molar-refractivity contribution in [3.05, 3.63) is 33.8 Å². The van der Waals surface area contributed by atoms with Crippen molar-refractivity contribution in [1.29, 1.82) is 0 Å². The molecule has 0 N–H and O–H groups in total. The number of methoxy groups -OCH3 is 1. The number of carbonyl (C=O) groups is 3. The lowest BCUT2D eigenvalue weighted by molar-refractivity contribution is -0.139. The van der Waals surface area contributed by atoms with Gasteiger partial charge in [0.2, 0.25) is 0 Å². The molecule has 5 nitrogen and oxygen atoms in total. The number of esters is 1. The van der Waals surface area contributed by atoms with Crippen LogP contribution in [0.1, 0.15) is 20.7 Å². The number of fused-ring (bicyclic) bond motifs is 1. The van der Waals surface area contributed by atoms with Crippen LogP contribution >= 0.6 is 31.9 Å². The topological polar surface area (TPSA) is 63.7 Å². The van der Waals surface area contributed by atoms with Crippen molar-refractivity contribution in [2.45, 2.75) is 4.83 Å². The smallest absolute Gasteiger partial charge is 0.321 e. The van der Waals surface area contributed by atoms with Crippen molar-refractivity contribution < 1.29 is 19.1 Å². The van der Waals surface area contributed by atoms with Crippen LogP contribution < -0.4 is 0 Å². The van der Waals surface area contributed by atoms with E-state index in [9.17, 15) is 14.4 Å². The molecule has 1 aliphatic rings. The number of ether oxygens (including phenoxy) is 1. The minimum absolute atomic E-state index is 0.0589. The summed E-state index contributed by atoms with van der Waals surface area (Å²) in [5.41, 5.74) is 0.682. The van der Waals surface area contributed by atoms with E-state index in [0.717, 1.165) is 9.37 Å². The van der Waals surface area contributed by atoms with E-state index in [4.69, 9.17) is 0 Å². The molecule has 0 radical (unpaired) electrons. The largest absolute Gasteiger partial charge is 0.468 e. The van der Waals surface area contributed by atoms with Crippen molar-refractivity contribution in [3.8, 4) is 0 Å². The summed E-state index contributed by atoms with van der Waals surface area (Å²) in [6, 6.07) is 4.87. The first-order chi connectivity index (χ1) is 8.95. The predicted octanol–water partition coefficient (Wildman–Crippen LogP) is 1.98. The van der Waals surface area contributed by atoms with Crippen molar-refractivity contribution in [1.82, 2.24) is 4.90 Å². The third-order valence-electron chi connectivity index (χ3n) is 2.73. The molecule has 0 spiro atoms. The molecule has 0 saturated carbocycles. The Hall–Kier alpha value is -1.21. The molecule has 1 heterocycles. The first kappa shape index (κ1) is 14.2. The fourth-order valence-corrected chi connectivity index (χ4v) is 2.63. The maximum absolute atomic E-state index is 12.1. The highest BCUT2D eigenvalue weighted by atomic mass is 79.9. The second kappa shape index (κ2) is 5.42. The lowest BCUT2D eigenvalue weighted by Crippen LogP contribution is -2.38. The Morgan fingerprint density at radius 3 is 2.58 bits per heavy atom. The molecule has 0 aromatic heterocycles. The lowest BCUT2D eigenvalue weighted by Gasteiger charge is -2.16. The van der Waals surface area contributed by atoms with Gasteiger partial charge in [0.25, 0.3) is 11.8 Å². The second-order valence-corrected chi connectivity index (χ2v) is 5.92. The zero-order valence-corrected chi connectivity index (χ0v) is 13.0. The molecule has 1 unspecified atom stereocenters. The van der Waals surface area contributed by atoms with Crippen LogP contribution in [-0.2, 0) is 9.53 Å². The van der Waals surface area contributed by atoms with Crippen molar-refractivity contribution >= 4 is 49.6 Å². The highest BCUT2D eigenvalue weighted by Crippen LogP contribution is 2.26. The van der Waals surface area contributed by atoms with Crippen molar-refractivity contribution in [2.75, 3.05) is 13.7 Å². The van der Waals surface area contributed by atoms with Crippen LogP contribution in [0.15, 0.2) is 22.7 Å². The van der Waals surface area contributed by atoms with Crippen LogP contribution in [0.2, 0.25) is 0 Å². The van der Waals surface area contributed by atoms with E-state index in [0.29, 0.717) is 11.1 Å². The van der Waals surface area contributed by atoms with E-state index in [2.05, 4.69) is 36.6 Å². The molecule has 100 valence electrons. The molecule has 0 aliphatic carbocycles. The zero-order chi connectivity index (χ0) is 14.2. The van der Waals surface area contributed by atoms with Gasteiger partial charge in [0.1, 0.15) is 4.83 Å². The number of amides is 2. The average molecular weight is 391 g/mol. The molecule has 19 heavy (non-hydrogen) atoms. The summed E-state index contributed by atoms with van der Waals surface area (Å²) in [5, 5.41) is 0. The second-order valence-electron chi connectivity index (χ2n) is 3.90. The zero-order valence-electron chi connectivity index (χ0n) is 9.85. The number of imide groups is 1. The maximum atomic E-state index is 12.1. The fraction of sp³-hybridized carbons (Fsp3) is 0.250. The number of alkyl halides is 1. The van der Waals surface area contributed by atoms with Gasteiger partial charge in [-0.05, 0) is 18.2 Å². The van der Waals surface area contributed by atoms with Gasteiger partial charge < -0.3 is 4.74 Å². The summed E-state index contributed by atoms with van der Waals surface area (Å²) in [6.45, 7) is -0.0589. The highest BCUT2D eigenvalue weighted by Gasteiger charge is 2.37. The van der Waals surface area contributed by atoms with Gasteiger partial charge in [-0.25, -0.2) is 0 Å². The number of hydrogen-bond donors (Lipinski definition) is 0. The van der Waals surface area contributed by atoms with Crippen LogP contribution in [0, 0.1) is 0 Å². The van der Waals surface area contributed by atoms with Gasteiger partial charge in [0, 0.05) is 4.47 Å². The Kier molecular flexibility index (Phi) is 4.05. The van der Waals surface area contributed by atoms with Crippen molar-refractivity contribution in [2.24, 2.45) is 0 Å². The molecule has 0 saturated heterocycles. The molecule has 2 rings (SSSR count). The van der Waals surface area contributed by atoms with Crippen LogP contribution in [0.4, 0.5) is 0 Å². The standard InChI is InChI=1S/C12H9Br2NO4/c1-19-12(18)9(14)5-15-10(16)7-3-2-6(13)4-8(7)11(15)17/h2-4,9H,5H2,1H3. The van der Waals surface area contributed by atoms with E-state index in [-0.39, 0.29) is 6.54 Å². The maximum Gasteiger partial charge on any atom is 0.321 e. The van der Waals surface area contributed by atoms with Gasteiger partial charge in [-0.3, -0.25) is 19.3 Å². The molecule has 7 heteroatoms. The summed E-state index contributed by atoms with van der Waals surface area (Å²) in [5.74, 6) is -1.34. The summed E-state index contributed by atoms with van der Waals surface area (Å²) in [6.07, 6.45) is 0. The van der Waals surface area contributed by atoms with Crippen molar-refractivity contribution in [3.63, 3.8) is 0 Å². The predicted molar refractivity (Wildman–Crippen MR) is 74.2 cm³/mol. The summed E-state index contributed by atoms with van der Waals surface area (Å²) in [4.78, 5) is 35.8. The first-order valence-electron chi connectivity index (χ1n) is 5.33. The summed E-state index contributed by atoms with van der Waals surface area (Å²) < 4.78 is 5.27. The van der Waals surface area contributed by atoms with E-state index in [1.165, 1.54) is 7.11 Å². The molecule has 0 bridgehead atoms. The Morgan fingerprint density at radius 1 is 1.32 bits per heavy atom. The van der Waals surface area contributed by atoms with Gasteiger partial charge in [-0.2, -0.15) is 0 Å². The monoisotopic (exact) mass is 389 g/mol. The van der Waals surface area contributed by atoms with Gasteiger partial charge >= 0.3 is 5.97 Å². The molecule has 2 amide bonds. The average Bonchev–Trinajstić information content (AvgIpc) is 2.62. The molecule has 0 fully saturated rings. The molecule has 1 aliphatic heterocycles. The third-order valence-corrected chi connectivity index (χ3v) is 3.89. The van der Waals surface area contributed by atoms with Gasteiger partial charge in [0.15, 0.2) is 0 Å². The van der Waals surface area contributed by atoms with Crippen LogP contribution in [0.5, 0.6) is 0 Å². The normalized spacial score (nSPS) is 15.4. The Bertz CT molecular complexity index is 573. The summed E-state index contributed by atoms with van der Waals surface area (Å²) in [7, 11) is 1.25. The number of nitrogens with zero attached hydrogens (tertiary/aromatic N) is 1. The number of halogens is 2. The number of carbonyl (C=O) groups excluding carboxylic acids is 3. The Labute approximate surface area is 126 Å². The van der Waals surface area contributed by atoms with E-state index in [1.807, 2.05) is 0 Å². The van der Waals surface area contributed by atoms with Crippen LogP contribution in [0.25, 0.3) is 0 Å². The Morgan fingerprint density at radius 2 is 1.95 bits per heavy atom. The van der Waals surface area contributed by atoms with E-state index < -0.39 is 22.6 Å². The number of benzene rings is 1. The number of hydrogen-bond acceptors (Lipinski definition) is 4. The molecule has 1 aromatic carbocycles. The SMILES string of the molecule is COC(=O)C(Br)CN1C(=O)c2ccc(Br)cc2C1=O. The van der Waals surface area contributed by atoms with Crippen LogP contribution in [0.3, 0.4) is 0 Å². The lowest BCUT2D eigenvalue weighted by atomic mass is 10.1. The Balaban J connectivity index is 2.25. The van der Waals surface area contributed by atoms with E-state index >= 15 is 0 Å². The third kappa shape index (κ3) is 2.57. The van der Waals surface area contributed by atoms with Gasteiger partial charge in [-0.15, -0.1) is 0 Å². The van der Waals surface area contributed by atoms with Gasteiger partial charge in [-0.1, -0.05) is 31.9 Å². The quantitative estimate of drug-likeness (QED) is 0.449. The van der Waals surface area contributed by atoms with E-state index in [1.54, 1.807) is 18.2 Å². The molecular formula is C12H9Br2NO4. The van der Waals surface area contributed by atoms with Gasteiger partial charge in [0.05, 0.1) is 24.8 Å². The van der Waals surface area contributed by atoms with Crippen LogP contribution in [-0.4, -0.2) is 41.2 Å². The first-order valence-corrected chi connectivity index (χ1v) is 7.04.